The van der Waals surface area contributed by atoms with E-state index in [0.717, 1.165) is 24.3 Å². The SMILES string of the molecule is COCCN(Cc1ccc(C#N)cc1)Cc1nnsc1Cl. The van der Waals surface area contributed by atoms with Gasteiger partial charge in [-0.05, 0) is 17.7 Å². The highest BCUT2D eigenvalue weighted by Gasteiger charge is 2.12. The van der Waals surface area contributed by atoms with Crippen LogP contribution in [-0.2, 0) is 17.8 Å². The van der Waals surface area contributed by atoms with Crippen LogP contribution >= 0.6 is 23.1 Å². The number of nitriles is 1. The fraction of sp³-hybridized carbons (Fsp3) is 0.357. The molecule has 21 heavy (non-hydrogen) atoms. The van der Waals surface area contributed by atoms with Gasteiger partial charge in [-0.1, -0.05) is 28.2 Å². The van der Waals surface area contributed by atoms with Gasteiger partial charge in [0.25, 0.3) is 0 Å². The zero-order valence-electron chi connectivity index (χ0n) is 11.6. The lowest BCUT2D eigenvalue weighted by atomic mass is 10.1. The predicted molar refractivity (Wildman–Crippen MR) is 82.1 cm³/mol. The monoisotopic (exact) mass is 322 g/mol. The van der Waals surface area contributed by atoms with Crippen molar-refractivity contribution in [3.8, 4) is 6.07 Å². The first kappa shape index (κ1) is 15.9. The summed E-state index contributed by atoms with van der Waals surface area (Å²) in [6.07, 6.45) is 0. The van der Waals surface area contributed by atoms with Crippen molar-refractivity contribution in [2.75, 3.05) is 20.3 Å². The maximum Gasteiger partial charge on any atom is 0.138 e. The van der Waals surface area contributed by atoms with E-state index >= 15 is 0 Å². The summed E-state index contributed by atoms with van der Waals surface area (Å²) in [5.41, 5.74) is 2.57. The van der Waals surface area contributed by atoms with Gasteiger partial charge < -0.3 is 4.74 Å². The van der Waals surface area contributed by atoms with Gasteiger partial charge in [0.2, 0.25) is 0 Å². The van der Waals surface area contributed by atoms with Gasteiger partial charge >= 0.3 is 0 Å². The van der Waals surface area contributed by atoms with E-state index in [1.54, 1.807) is 7.11 Å². The Morgan fingerprint density at radius 1 is 1.33 bits per heavy atom. The number of ether oxygens (including phenoxy) is 1. The Morgan fingerprint density at radius 2 is 2.10 bits per heavy atom. The van der Waals surface area contributed by atoms with Crippen LogP contribution < -0.4 is 0 Å². The van der Waals surface area contributed by atoms with Crippen molar-refractivity contribution in [2.45, 2.75) is 13.1 Å². The van der Waals surface area contributed by atoms with Crippen LogP contribution in [0.2, 0.25) is 4.34 Å². The smallest absolute Gasteiger partial charge is 0.138 e. The maximum absolute atomic E-state index is 8.82. The van der Waals surface area contributed by atoms with Gasteiger partial charge in [0, 0.05) is 38.3 Å². The molecular weight excluding hydrogens is 308 g/mol. The predicted octanol–water partition coefficient (Wildman–Crippen LogP) is 2.71. The second-order valence-corrected chi connectivity index (χ2v) is 5.86. The van der Waals surface area contributed by atoms with Gasteiger partial charge in [-0.25, -0.2) is 0 Å². The summed E-state index contributed by atoms with van der Waals surface area (Å²) in [5.74, 6) is 0. The molecule has 0 atom stereocenters. The van der Waals surface area contributed by atoms with Gasteiger partial charge in [0.05, 0.1) is 18.2 Å². The summed E-state index contributed by atoms with van der Waals surface area (Å²) in [4.78, 5) is 2.19. The highest BCUT2D eigenvalue weighted by molar-refractivity contribution is 7.10. The molecule has 2 rings (SSSR count). The zero-order valence-corrected chi connectivity index (χ0v) is 13.2. The molecule has 2 aromatic rings. The Labute approximate surface area is 132 Å². The summed E-state index contributed by atoms with van der Waals surface area (Å²) in [7, 11) is 1.68. The molecule has 0 aliphatic rings. The molecule has 110 valence electrons. The number of nitrogens with zero attached hydrogens (tertiary/aromatic N) is 4. The first-order valence-electron chi connectivity index (χ1n) is 6.40. The molecule has 0 spiro atoms. The molecule has 0 N–H and O–H groups in total. The summed E-state index contributed by atoms with van der Waals surface area (Å²) >= 11 is 7.25. The number of hydrogen-bond donors (Lipinski definition) is 0. The third-order valence-electron chi connectivity index (χ3n) is 2.98. The maximum atomic E-state index is 8.82. The van der Waals surface area contributed by atoms with Gasteiger partial charge in [-0.2, -0.15) is 5.26 Å². The normalized spacial score (nSPS) is 10.8. The van der Waals surface area contributed by atoms with Crippen molar-refractivity contribution in [1.82, 2.24) is 14.5 Å². The summed E-state index contributed by atoms with van der Waals surface area (Å²) in [6, 6.07) is 9.67. The van der Waals surface area contributed by atoms with Crippen molar-refractivity contribution in [1.29, 1.82) is 5.26 Å². The average molecular weight is 323 g/mol. The number of benzene rings is 1. The Hall–Kier alpha value is -1.52. The number of rotatable bonds is 7. The van der Waals surface area contributed by atoms with Crippen molar-refractivity contribution < 1.29 is 4.74 Å². The first-order chi connectivity index (χ1) is 10.2. The topological polar surface area (TPSA) is 62.0 Å². The summed E-state index contributed by atoms with van der Waals surface area (Å²) in [5, 5.41) is 12.9. The number of aromatic nitrogens is 2. The van der Waals surface area contributed by atoms with Crippen LogP contribution in [0, 0.1) is 11.3 Å². The summed E-state index contributed by atoms with van der Waals surface area (Å²) in [6.45, 7) is 2.76. The van der Waals surface area contributed by atoms with Crippen molar-refractivity contribution >= 4 is 23.1 Å². The number of methoxy groups -OCH3 is 1. The second-order valence-electron chi connectivity index (χ2n) is 4.51. The third-order valence-corrected chi connectivity index (χ3v) is 3.97. The molecule has 0 bridgehead atoms. The summed E-state index contributed by atoms with van der Waals surface area (Å²) < 4.78 is 9.62. The molecule has 0 saturated carbocycles. The van der Waals surface area contributed by atoms with Crippen LogP contribution in [0.3, 0.4) is 0 Å². The van der Waals surface area contributed by atoms with E-state index in [1.165, 1.54) is 11.5 Å². The van der Waals surface area contributed by atoms with Gasteiger partial charge in [-0.15, -0.1) is 5.10 Å². The molecule has 1 heterocycles. The minimum Gasteiger partial charge on any atom is -0.383 e. The quantitative estimate of drug-likeness (QED) is 0.784. The molecule has 1 aromatic heterocycles. The molecule has 0 amide bonds. The van der Waals surface area contributed by atoms with Crippen LogP contribution in [-0.4, -0.2) is 34.7 Å². The van der Waals surface area contributed by atoms with Crippen LogP contribution in [0.1, 0.15) is 16.8 Å². The van der Waals surface area contributed by atoms with E-state index in [1.807, 2.05) is 24.3 Å². The fourth-order valence-electron chi connectivity index (χ4n) is 1.88. The molecule has 0 fully saturated rings. The molecule has 0 radical (unpaired) electrons. The van der Waals surface area contributed by atoms with Crippen molar-refractivity contribution in [2.24, 2.45) is 0 Å². The highest BCUT2D eigenvalue weighted by atomic mass is 35.5. The minimum atomic E-state index is 0.622. The van der Waals surface area contributed by atoms with E-state index in [9.17, 15) is 0 Å². The Kier molecular flexibility index (Phi) is 6.08. The van der Waals surface area contributed by atoms with Crippen LogP contribution in [0.15, 0.2) is 24.3 Å². The number of halogens is 1. The average Bonchev–Trinajstić information content (AvgIpc) is 2.91. The molecule has 0 aliphatic carbocycles. The molecule has 7 heteroatoms. The number of hydrogen-bond acceptors (Lipinski definition) is 6. The van der Waals surface area contributed by atoms with Gasteiger partial charge in [-0.3, -0.25) is 4.90 Å². The van der Waals surface area contributed by atoms with E-state index < -0.39 is 0 Å². The highest BCUT2D eigenvalue weighted by Crippen LogP contribution is 2.19. The van der Waals surface area contributed by atoms with E-state index in [2.05, 4.69) is 20.6 Å². The molecule has 0 unspecified atom stereocenters. The minimum absolute atomic E-state index is 0.622. The first-order valence-corrected chi connectivity index (χ1v) is 7.55. The fourth-order valence-corrected chi connectivity index (χ4v) is 2.49. The third kappa shape index (κ3) is 4.76. The zero-order chi connectivity index (χ0) is 15.1. The van der Waals surface area contributed by atoms with Crippen LogP contribution in [0.5, 0.6) is 0 Å². The van der Waals surface area contributed by atoms with E-state index in [-0.39, 0.29) is 0 Å². The Balaban J connectivity index is 2.04. The van der Waals surface area contributed by atoms with E-state index in [0.29, 0.717) is 23.1 Å². The van der Waals surface area contributed by atoms with Gasteiger partial charge in [0.1, 0.15) is 10.0 Å². The van der Waals surface area contributed by atoms with Gasteiger partial charge in [0.15, 0.2) is 0 Å². The molecule has 0 aliphatic heterocycles. The van der Waals surface area contributed by atoms with Crippen molar-refractivity contribution in [3.63, 3.8) is 0 Å². The molecule has 5 nitrogen and oxygen atoms in total. The van der Waals surface area contributed by atoms with Crippen molar-refractivity contribution in [3.05, 3.63) is 45.4 Å². The van der Waals surface area contributed by atoms with Crippen LogP contribution in [0.4, 0.5) is 0 Å². The van der Waals surface area contributed by atoms with E-state index in [4.69, 9.17) is 21.6 Å². The standard InChI is InChI=1S/C14H15ClN4OS/c1-20-7-6-19(10-13-14(15)21-18-17-13)9-12-4-2-11(8-16)3-5-12/h2-5H,6-7,9-10H2,1H3. The lowest BCUT2D eigenvalue weighted by molar-refractivity contribution is 0.139. The molecule has 0 saturated heterocycles. The van der Waals surface area contributed by atoms with Crippen LogP contribution in [0.25, 0.3) is 0 Å². The molecule has 1 aromatic carbocycles. The largest absolute Gasteiger partial charge is 0.383 e. The lowest BCUT2D eigenvalue weighted by Crippen LogP contribution is -2.27. The Morgan fingerprint density at radius 3 is 2.67 bits per heavy atom. The Bertz CT molecular complexity index is 608. The lowest BCUT2D eigenvalue weighted by Gasteiger charge is -2.21. The molecular formula is C14H15ClN4OS. The second kappa shape index (κ2) is 8.05.